The zero-order chi connectivity index (χ0) is 10.8. The predicted molar refractivity (Wildman–Crippen MR) is 63.1 cm³/mol. The van der Waals surface area contributed by atoms with Crippen molar-refractivity contribution in [2.45, 2.75) is 19.1 Å². The zero-order valence-electron chi connectivity index (χ0n) is 9.64. The summed E-state index contributed by atoms with van der Waals surface area (Å²) in [7, 11) is 4.27. The highest BCUT2D eigenvalue weighted by Crippen LogP contribution is 2.19. The molecule has 2 heterocycles. The van der Waals surface area contributed by atoms with Crippen LogP contribution in [0.5, 0.6) is 0 Å². The van der Waals surface area contributed by atoms with E-state index in [1.165, 1.54) is 5.57 Å². The van der Waals surface area contributed by atoms with Crippen LogP contribution in [0.15, 0.2) is 36.2 Å². The molecular formula is C12H19N3. The van der Waals surface area contributed by atoms with Gasteiger partial charge in [0.25, 0.3) is 0 Å². The minimum absolute atomic E-state index is 0.400. The molecule has 2 rings (SSSR count). The molecule has 0 aliphatic carbocycles. The van der Waals surface area contributed by atoms with E-state index in [-0.39, 0.29) is 0 Å². The minimum atomic E-state index is 0.400. The zero-order valence-corrected chi connectivity index (χ0v) is 9.64. The lowest BCUT2D eigenvalue weighted by Gasteiger charge is -2.38. The van der Waals surface area contributed by atoms with Crippen molar-refractivity contribution in [2.75, 3.05) is 20.6 Å². The van der Waals surface area contributed by atoms with Crippen LogP contribution in [0.25, 0.3) is 0 Å². The van der Waals surface area contributed by atoms with Crippen LogP contribution in [0.3, 0.4) is 0 Å². The van der Waals surface area contributed by atoms with Gasteiger partial charge in [0.15, 0.2) is 0 Å². The van der Waals surface area contributed by atoms with Crippen molar-refractivity contribution >= 4 is 0 Å². The van der Waals surface area contributed by atoms with Crippen molar-refractivity contribution in [3.05, 3.63) is 36.2 Å². The number of nitrogens with one attached hydrogen (secondary N) is 1. The molecule has 0 aromatic carbocycles. The van der Waals surface area contributed by atoms with Crippen LogP contribution < -0.4 is 5.32 Å². The Bertz CT molecular complexity index is 317. The summed E-state index contributed by atoms with van der Waals surface area (Å²) in [5.74, 6) is 0. The maximum absolute atomic E-state index is 3.30. The van der Waals surface area contributed by atoms with E-state index in [0.717, 1.165) is 6.54 Å². The minimum Gasteiger partial charge on any atom is -0.376 e. The summed E-state index contributed by atoms with van der Waals surface area (Å²) in [6.45, 7) is 3.20. The molecule has 2 atom stereocenters. The highest BCUT2D eigenvalue weighted by atomic mass is 15.3. The largest absolute Gasteiger partial charge is 0.376 e. The fraction of sp³-hybridized carbons (Fsp3) is 0.500. The van der Waals surface area contributed by atoms with Gasteiger partial charge in [0.2, 0.25) is 0 Å². The molecule has 2 unspecified atom stereocenters. The third-order valence-corrected chi connectivity index (χ3v) is 3.13. The molecular weight excluding hydrogens is 186 g/mol. The van der Waals surface area contributed by atoms with Gasteiger partial charge in [0.1, 0.15) is 0 Å². The van der Waals surface area contributed by atoms with Crippen LogP contribution in [0.4, 0.5) is 0 Å². The first-order valence-corrected chi connectivity index (χ1v) is 5.40. The molecule has 0 aromatic rings. The first kappa shape index (κ1) is 10.3. The van der Waals surface area contributed by atoms with Crippen molar-refractivity contribution in [3.63, 3.8) is 0 Å². The second-order valence-corrected chi connectivity index (χ2v) is 4.31. The van der Waals surface area contributed by atoms with Crippen LogP contribution in [0, 0.1) is 0 Å². The molecule has 15 heavy (non-hydrogen) atoms. The summed E-state index contributed by atoms with van der Waals surface area (Å²) in [6.07, 6.45) is 11.1. The smallest absolute Gasteiger partial charge is 0.0764 e. The van der Waals surface area contributed by atoms with Gasteiger partial charge in [-0.3, -0.25) is 4.90 Å². The Hall–Kier alpha value is -1.22. The summed E-state index contributed by atoms with van der Waals surface area (Å²) >= 11 is 0. The van der Waals surface area contributed by atoms with Crippen LogP contribution in [0.1, 0.15) is 6.92 Å². The number of likely N-dealkylation sites (N-methyl/N-ethyl adjacent to an activating group) is 2. The molecule has 0 fully saturated rings. The van der Waals surface area contributed by atoms with Crippen LogP contribution in [-0.4, -0.2) is 42.6 Å². The second kappa shape index (κ2) is 4.11. The highest BCUT2D eigenvalue weighted by Gasteiger charge is 2.24. The van der Waals surface area contributed by atoms with Gasteiger partial charge in [-0.25, -0.2) is 0 Å². The average Bonchev–Trinajstić information content (AvgIpc) is 2.22. The summed E-state index contributed by atoms with van der Waals surface area (Å²) in [6, 6.07) is 0.425. The molecule has 2 aliphatic rings. The number of allylic oxidation sites excluding steroid dienone is 2. The number of hydrogen-bond acceptors (Lipinski definition) is 3. The molecule has 3 nitrogen and oxygen atoms in total. The van der Waals surface area contributed by atoms with Gasteiger partial charge in [-0.05, 0) is 44.1 Å². The van der Waals surface area contributed by atoms with Gasteiger partial charge < -0.3 is 10.2 Å². The van der Waals surface area contributed by atoms with Gasteiger partial charge in [-0.15, -0.1) is 0 Å². The van der Waals surface area contributed by atoms with Gasteiger partial charge in [0, 0.05) is 13.6 Å². The quantitative estimate of drug-likeness (QED) is 0.692. The average molecular weight is 205 g/mol. The Balaban J connectivity index is 2.16. The Kier molecular flexibility index (Phi) is 2.82. The van der Waals surface area contributed by atoms with E-state index in [1.54, 1.807) is 0 Å². The standard InChI is InChI=1S/C12H19N3/c1-10-13-7-6-12(15(10)3)11-5-4-8-14(2)9-11/h4-8,10,12-13H,9H2,1-3H3. The first-order chi connectivity index (χ1) is 7.18. The van der Waals surface area contributed by atoms with E-state index in [4.69, 9.17) is 0 Å². The van der Waals surface area contributed by atoms with Gasteiger partial charge in [-0.2, -0.15) is 0 Å². The third kappa shape index (κ3) is 2.07. The molecule has 0 aromatic heterocycles. The molecule has 0 radical (unpaired) electrons. The molecule has 2 aliphatic heterocycles. The predicted octanol–water partition coefficient (Wildman–Crippen LogP) is 1.14. The van der Waals surface area contributed by atoms with Crippen molar-refractivity contribution in [2.24, 2.45) is 0 Å². The Morgan fingerprint density at radius 3 is 2.93 bits per heavy atom. The SMILES string of the molecule is CC1NC=CC(C2=CC=CN(C)C2)N1C. The summed E-state index contributed by atoms with van der Waals surface area (Å²) in [5, 5.41) is 3.30. The van der Waals surface area contributed by atoms with E-state index in [0.29, 0.717) is 12.2 Å². The van der Waals surface area contributed by atoms with Crippen LogP contribution >= 0.6 is 0 Å². The van der Waals surface area contributed by atoms with Crippen molar-refractivity contribution in [1.82, 2.24) is 15.1 Å². The van der Waals surface area contributed by atoms with Crippen molar-refractivity contribution < 1.29 is 0 Å². The topological polar surface area (TPSA) is 18.5 Å². The van der Waals surface area contributed by atoms with Gasteiger partial charge in [-0.1, -0.05) is 6.08 Å². The lowest BCUT2D eigenvalue weighted by Crippen LogP contribution is -2.49. The van der Waals surface area contributed by atoms with E-state index in [9.17, 15) is 0 Å². The molecule has 0 spiro atoms. The van der Waals surface area contributed by atoms with E-state index in [1.807, 2.05) is 0 Å². The molecule has 0 bridgehead atoms. The van der Waals surface area contributed by atoms with Gasteiger partial charge >= 0.3 is 0 Å². The summed E-state index contributed by atoms with van der Waals surface area (Å²) in [5.41, 5.74) is 1.45. The maximum Gasteiger partial charge on any atom is 0.0764 e. The lowest BCUT2D eigenvalue weighted by molar-refractivity contribution is 0.198. The van der Waals surface area contributed by atoms with Crippen LogP contribution in [0.2, 0.25) is 0 Å². The van der Waals surface area contributed by atoms with E-state index < -0.39 is 0 Å². The highest BCUT2D eigenvalue weighted by molar-refractivity contribution is 5.28. The first-order valence-electron chi connectivity index (χ1n) is 5.40. The molecule has 0 saturated heterocycles. The fourth-order valence-corrected chi connectivity index (χ4v) is 2.06. The molecule has 1 N–H and O–H groups in total. The Morgan fingerprint density at radius 2 is 2.20 bits per heavy atom. The number of hydrogen-bond donors (Lipinski definition) is 1. The van der Waals surface area contributed by atoms with E-state index >= 15 is 0 Å². The maximum atomic E-state index is 3.30. The summed E-state index contributed by atoms with van der Waals surface area (Å²) in [4.78, 5) is 4.56. The van der Waals surface area contributed by atoms with Crippen molar-refractivity contribution in [1.29, 1.82) is 0 Å². The summed E-state index contributed by atoms with van der Waals surface area (Å²) < 4.78 is 0. The molecule has 82 valence electrons. The molecule has 3 heteroatoms. The number of rotatable bonds is 1. The second-order valence-electron chi connectivity index (χ2n) is 4.31. The van der Waals surface area contributed by atoms with Crippen LogP contribution in [-0.2, 0) is 0 Å². The Morgan fingerprint density at radius 1 is 1.40 bits per heavy atom. The van der Waals surface area contributed by atoms with E-state index in [2.05, 4.69) is 66.8 Å². The van der Waals surface area contributed by atoms with Crippen molar-refractivity contribution in [3.8, 4) is 0 Å². The lowest BCUT2D eigenvalue weighted by atomic mass is 10.0. The third-order valence-electron chi connectivity index (χ3n) is 3.13. The normalized spacial score (nSPS) is 31.4. The molecule has 0 amide bonds. The van der Waals surface area contributed by atoms with Gasteiger partial charge in [0.05, 0.1) is 12.2 Å². The fourth-order valence-electron chi connectivity index (χ4n) is 2.06. The Labute approximate surface area is 91.7 Å². The monoisotopic (exact) mass is 205 g/mol. The molecule has 0 saturated carbocycles. The number of nitrogens with zero attached hydrogens (tertiary/aromatic N) is 2.